The summed E-state index contributed by atoms with van der Waals surface area (Å²) in [6, 6.07) is 1.94. The van der Waals surface area contributed by atoms with Gasteiger partial charge in [0.05, 0.1) is 11.9 Å². The molecule has 0 aromatic carbocycles. The lowest BCUT2D eigenvalue weighted by molar-refractivity contribution is 0.00115. The Labute approximate surface area is 185 Å². The molecule has 10 heteroatoms. The van der Waals surface area contributed by atoms with Gasteiger partial charge in [0.15, 0.2) is 17.6 Å². The second-order valence-corrected chi connectivity index (χ2v) is 8.25. The molecule has 0 saturated carbocycles. The van der Waals surface area contributed by atoms with Crippen LogP contribution in [0.3, 0.4) is 0 Å². The molecular formula is C22H29F2N7O. The third kappa shape index (κ3) is 4.73. The number of aromatic nitrogens is 5. The average molecular weight is 446 g/mol. The maximum absolute atomic E-state index is 13.3. The van der Waals surface area contributed by atoms with Gasteiger partial charge in [0.2, 0.25) is 0 Å². The van der Waals surface area contributed by atoms with Gasteiger partial charge in [-0.15, -0.1) is 5.10 Å². The first-order chi connectivity index (χ1) is 15.5. The fourth-order valence-electron chi connectivity index (χ4n) is 4.12. The van der Waals surface area contributed by atoms with Gasteiger partial charge in [0, 0.05) is 25.7 Å². The molecule has 0 amide bonds. The number of alkyl halides is 2. The van der Waals surface area contributed by atoms with Crippen LogP contribution in [0.25, 0.3) is 5.65 Å². The van der Waals surface area contributed by atoms with E-state index >= 15 is 0 Å². The van der Waals surface area contributed by atoms with Crippen molar-refractivity contribution in [1.29, 1.82) is 0 Å². The number of nitrogen functional groups attached to an aromatic ring is 1. The highest BCUT2D eigenvalue weighted by atomic mass is 19.3. The van der Waals surface area contributed by atoms with Gasteiger partial charge in [-0.1, -0.05) is 19.4 Å². The van der Waals surface area contributed by atoms with Crippen LogP contribution in [0.4, 0.5) is 20.4 Å². The summed E-state index contributed by atoms with van der Waals surface area (Å²) in [7, 11) is 0. The number of piperidine rings is 1. The first-order valence-corrected chi connectivity index (χ1v) is 11.1. The zero-order chi connectivity index (χ0) is 22.7. The summed E-state index contributed by atoms with van der Waals surface area (Å²) in [5, 5.41) is 4.29. The molecule has 8 nitrogen and oxygen atoms in total. The Bertz CT molecular complexity index is 1070. The highest BCUT2D eigenvalue weighted by Gasteiger charge is 2.24. The van der Waals surface area contributed by atoms with Gasteiger partial charge in [0.1, 0.15) is 5.82 Å². The minimum Gasteiger partial charge on any atom is -0.453 e. The SMILES string of the molecule is CCCC(Oc1nc(N)c2ncc(Cc3cnc(N4CCCCC4)c(C)c3)n2n1)C(F)F. The predicted molar refractivity (Wildman–Crippen MR) is 118 cm³/mol. The summed E-state index contributed by atoms with van der Waals surface area (Å²) in [5.41, 5.74) is 9.23. The van der Waals surface area contributed by atoms with Gasteiger partial charge in [-0.3, -0.25) is 0 Å². The Morgan fingerprint density at radius 3 is 2.62 bits per heavy atom. The molecule has 1 aliphatic heterocycles. The van der Waals surface area contributed by atoms with Crippen LogP contribution < -0.4 is 15.4 Å². The van der Waals surface area contributed by atoms with E-state index in [1.807, 2.05) is 13.1 Å². The summed E-state index contributed by atoms with van der Waals surface area (Å²) >= 11 is 0. The third-order valence-corrected chi connectivity index (χ3v) is 5.70. The molecule has 0 radical (unpaired) electrons. The van der Waals surface area contributed by atoms with Crippen molar-refractivity contribution in [3.63, 3.8) is 0 Å². The van der Waals surface area contributed by atoms with Crippen molar-refractivity contribution in [2.75, 3.05) is 23.7 Å². The van der Waals surface area contributed by atoms with E-state index < -0.39 is 12.5 Å². The number of ether oxygens (including phenoxy) is 1. The van der Waals surface area contributed by atoms with E-state index in [1.165, 1.54) is 23.8 Å². The minimum atomic E-state index is -2.63. The molecule has 32 heavy (non-hydrogen) atoms. The van der Waals surface area contributed by atoms with E-state index in [2.05, 4.69) is 33.0 Å². The molecule has 172 valence electrons. The minimum absolute atomic E-state index is 0.0838. The van der Waals surface area contributed by atoms with E-state index in [9.17, 15) is 8.78 Å². The monoisotopic (exact) mass is 445 g/mol. The molecule has 1 atom stereocenters. The Balaban J connectivity index is 1.58. The van der Waals surface area contributed by atoms with Crippen LogP contribution in [0.2, 0.25) is 0 Å². The van der Waals surface area contributed by atoms with Crippen molar-refractivity contribution in [3.8, 4) is 6.01 Å². The van der Waals surface area contributed by atoms with Crippen LogP contribution in [0.1, 0.15) is 55.8 Å². The van der Waals surface area contributed by atoms with Crippen molar-refractivity contribution in [2.45, 2.75) is 64.9 Å². The molecule has 1 saturated heterocycles. The smallest absolute Gasteiger partial charge is 0.336 e. The Kier molecular flexibility index (Phi) is 6.66. The average Bonchev–Trinajstić information content (AvgIpc) is 3.17. The van der Waals surface area contributed by atoms with Gasteiger partial charge >= 0.3 is 6.01 Å². The molecule has 1 unspecified atom stereocenters. The number of aryl methyl sites for hydroxylation is 1. The molecule has 0 bridgehead atoms. The first kappa shape index (κ1) is 22.2. The zero-order valence-electron chi connectivity index (χ0n) is 18.5. The fourth-order valence-corrected chi connectivity index (χ4v) is 4.12. The standard InChI is InChI=1S/C22H29F2N7O/c1-3-7-17(18(23)24)32-22-28-19(25)21-27-13-16(31(21)29-22)11-15-10-14(2)20(26-12-15)30-8-5-4-6-9-30/h10,12-13,17-18H,3-9,11H2,1-2H3,(H2,25,28,29). The molecule has 3 aromatic rings. The normalized spacial score (nSPS) is 15.5. The highest BCUT2D eigenvalue weighted by molar-refractivity contribution is 5.60. The van der Waals surface area contributed by atoms with Gasteiger partial charge in [-0.25, -0.2) is 23.3 Å². The Morgan fingerprint density at radius 2 is 1.94 bits per heavy atom. The summed E-state index contributed by atoms with van der Waals surface area (Å²) in [4.78, 5) is 15.4. The lowest BCUT2D eigenvalue weighted by Gasteiger charge is -2.29. The van der Waals surface area contributed by atoms with Crippen LogP contribution in [0, 0.1) is 6.92 Å². The summed E-state index contributed by atoms with van der Waals surface area (Å²) in [5.74, 6) is 1.11. The number of pyridine rings is 1. The summed E-state index contributed by atoms with van der Waals surface area (Å²) < 4.78 is 33.4. The second kappa shape index (κ2) is 9.62. The van der Waals surface area contributed by atoms with Crippen LogP contribution in [0.5, 0.6) is 6.01 Å². The number of imidazole rings is 1. The molecule has 1 aliphatic rings. The lowest BCUT2D eigenvalue weighted by Crippen LogP contribution is -2.30. The number of fused-ring (bicyclic) bond motifs is 1. The Morgan fingerprint density at radius 1 is 1.16 bits per heavy atom. The lowest BCUT2D eigenvalue weighted by atomic mass is 10.1. The van der Waals surface area contributed by atoms with E-state index in [1.54, 1.807) is 6.20 Å². The third-order valence-electron chi connectivity index (χ3n) is 5.70. The van der Waals surface area contributed by atoms with Crippen LogP contribution in [0.15, 0.2) is 18.5 Å². The molecule has 1 fully saturated rings. The molecule has 3 aromatic heterocycles. The van der Waals surface area contributed by atoms with Crippen LogP contribution in [-0.2, 0) is 6.42 Å². The first-order valence-electron chi connectivity index (χ1n) is 11.1. The van der Waals surface area contributed by atoms with Gasteiger partial charge in [-0.05, 0) is 43.7 Å². The molecule has 4 rings (SSSR count). The number of halogens is 2. The molecule has 0 spiro atoms. The molecule has 4 heterocycles. The molecule has 0 aliphatic carbocycles. The van der Waals surface area contributed by atoms with E-state index in [4.69, 9.17) is 15.5 Å². The topological polar surface area (TPSA) is 94.5 Å². The maximum atomic E-state index is 13.3. The maximum Gasteiger partial charge on any atom is 0.336 e. The Hall–Kier alpha value is -3.04. The van der Waals surface area contributed by atoms with Crippen molar-refractivity contribution in [1.82, 2.24) is 24.6 Å². The van der Waals surface area contributed by atoms with Crippen molar-refractivity contribution in [3.05, 3.63) is 35.3 Å². The molecular weight excluding hydrogens is 416 g/mol. The quantitative estimate of drug-likeness (QED) is 0.563. The predicted octanol–water partition coefficient (Wildman–Crippen LogP) is 3.80. The number of nitrogens with two attached hydrogens (primary N) is 1. The number of rotatable bonds is 8. The van der Waals surface area contributed by atoms with E-state index in [0.717, 1.165) is 35.7 Å². The zero-order valence-corrected chi connectivity index (χ0v) is 18.5. The fraction of sp³-hybridized carbons (Fsp3) is 0.545. The van der Waals surface area contributed by atoms with Gasteiger partial charge in [0.25, 0.3) is 6.43 Å². The second-order valence-electron chi connectivity index (χ2n) is 8.25. The number of nitrogens with zero attached hydrogens (tertiary/aromatic N) is 6. The summed E-state index contributed by atoms with van der Waals surface area (Å²) in [6.07, 6.45) is 4.55. The van der Waals surface area contributed by atoms with Crippen molar-refractivity contribution < 1.29 is 13.5 Å². The van der Waals surface area contributed by atoms with Gasteiger partial charge < -0.3 is 15.4 Å². The number of hydrogen-bond donors (Lipinski definition) is 1. The van der Waals surface area contributed by atoms with E-state index in [0.29, 0.717) is 18.5 Å². The van der Waals surface area contributed by atoms with Crippen LogP contribution in [-0.4, -0.2) is 50.2 Å². The highest BCUT2D eigenvalue weighted by Crippen LogP contribution is 2.24. The van der Waals surface area contributed by atoms with Crippen molar-refractivity contribution >= 4 is 17.3 Å². The number of hydrogen-bond acceptors (Lipinski definition) is 7. The summed E-state index contributed by atoms with van der Waals surface area (Å²) in [6.45, 7) is 5.96. The molecule has 2 N–H and O–H groups in total. The van der Waals surface area contributed by atoms with Crippen LogP contribution >= 0.6 is 0 Å². The number of anilines is 2. The van der Waals surface area contributed by atoms with Crippen molar-refractivity contribution in [2.24, 2.45) is 0 Å². The largest absolute Gasteiger partial charge is 0.453 e. The van der Waals surface area contributed by atoms with E-state index in [-0.39, 0.29) is 18.2 Å². The van der Waals surface area contributed by atoms with Gasteiger partial charge in [-0.2, -0.15) is 4.98 Å².